The molecule has 0 unspecified atom stereocenters. The van der Waals surface area contributed by atoms with Crippen LogP contribution in [0.25, 0.3) is 0 Å². The van der Waals surface area contributed by atoms with Gasteiger partial charge in [0.05, 0.1) is 11.0 Å². The summed E-state index contributed by atoms with van der Waals surface area (Å²) >= 11 is 1.47. The molecule has 0 fully saturated rings. The molecule has 0 saturated carbocycles. The Hall–Kier alpha value is -1.28. The Balaban J connectivity index is 1.96. The quantitative estimate of drug-likeness (QED) is 0.856. The summed E-state index contributed by atoms with van der Waals surface area (Å²) in [5, 5.41) is 13.6. The highest BCUT2D eigenvalue weighted by atomic mass is 32.2. The summed E-state index contributed by atoms with van der Waals surface area (Å²) in [7, 11) is -3.69. The molecule has 7 heteroatoms. The van der Waals surface area contributed by atoms with E-state index in [1.165, 1.54) is 30.4 Å². The molecule has 1 heterocycles. The zero-order chi connectivity index (χ0) is 15.5. The van der Waals surface area contributed by atoms with Crippen molar-refractivity contribution in [3.05, 3.63) is 52.0 Å². The lowest BCUT2D eigenvalue weighted by Crippen LogP contribution is -2.26. The fourth-order valence-electron chi connectivity index (χ4n) is 1.83. The number of thiophene rings is 1. The third kappa shape index (κ3) is 4.10. The maximum Gasteiger partial charge on any atom is 0.240 e. The molecule has 4 nitrogen and oxygen atoms in total. The minimum Gasteiger partial charge on any atom is -0.388 e. The van der Waals surface area contributed by atoms with Gasteiger partial charge in [-0.2, -0.15) is 11.3 Å². The van der Waals surface area contributed by atoms with Gasteiger partial charge in [-0.05, 0) is 59.5 Å². The average molecular weight is 329 g/mol. The lowest BCUT2D eigenvalue weighted by atomic mass is 10.1. The lowest BCUT2D eigenvalue weighted by molar-refractivity contribution is 0.169. The number of aliphatic hydroxyl groups is 1. The van der Waals surface area contributed by atoms with E-state index >= 15 is 0 Å². The first-order valence-electron chi connectivity index (χ1n) is 6.36. The molecule has 0 amide bonds. The third-order valence-electron chi connectivity index (χ3n) is 3.08. The van der Waals surface area contributed by atoms with Gasteiger partial charge in [-0.15, -0.1) is 0 Å². The number of sulfonamides is 1. The average Bonchev–Trinajstić information content (AvgIpc) is 2.95. The SMILES string of the molecule is Cc1cc(S(=O)(=O)NCC[C@H](O)c2ccsc2)ccc1F. The minimum absolute atomic E-state index is 0.0198. The molecule has 0 spiro atoms. The number of hydrogen-bond acceptors (Lipinski definition) is 4. The molecule has 0 aliphatic rings. The molecule has 1 aromatic heterocycles. The van der Waals surface area contributed by atoms with E-state index in [-0.39, 0.29) is 23.4 Å². The van der Waals surface area contributed by atoms with Gasteiger partial charge in [0, 0.05) is 6.54 Å². The van der Waals surface area contributed by atoms with Gasteiger partial charge in [0.1, 0.15) is 5.82 Å². The van der Waals surface area contributed by atoms with Crippen molar-refractivity contribution in [2.24, 2.45) is 0 Å². The van der Waals surface area contributed by atoms with E-state index in [4.69, 9.17) is 0 Å². The molecular formula is C14H16FNO3S2. The first-order chi connectivity index (χ1) is 9.90. The van der Waals surface area contributed by atoms with Gasteiger partial charge in [-0.1, -0.05) is 0 Å². The van der Waals surface area contributed by atoms with Crippen molar-refractivity contribution in [2.45, 2.75) is 24.3 Å². The second kappa shape index (κ2) is 6.65. The molecule has 0 radical (unpaired) electrons. The predicted octanol–water partition coefficient (Wildman–Crippen LogP) is 2.60. The first-order valence-corrected chi connectivity index (χ1v) is 8.79. The number of rotatable bonds is 6. The van der Waals surface area contributed by atoms with E-state index in [0.29, 0.717) is 0 Å². The summed E-state index contributed by atoms with van der Waals surface area (Å²) in [6.45, 7) is 1.62. The fraction of sp³-hybridized carbons (Fsp3) is 0.286. The first kappa shape index (κ1) is 16.1. The highest BCUT2D eigenvalue weighted by Crippen LogP contribution is 2.19. The van der Waals surface area contributed by atoms with E-state index in [1.54, 1.807) is 6.07 Å². The maximum atomic E-state index is 13.2. The molecule has 1 aromatic carbocycles. The van der Waals surface area contributed by atoms with E-state index in [2.05, 4.69) is 4.72 Å². The van der Waals surface area contributed by atoms with Crippen molar-refractivity contribution in [1.29, 1.82) is 0 Å². The number of hydrogen-bond donors (Lipinski definition) is 2. The standard InChI is InChI=1S/C14H16FNO3S2/c1-10-8-12(2-3-13(10)15)21(18,19)16-6-4-14(17)11-5-7-20-9-11/h2-3,5,7-9,14,16-17H,4,6H2,1H3/t14-/m0/s1. The van der Waals surface area contributed by atoms with Crippen LogP contribution in [-0.2, 0) is 10.0 Å². The molecule has 0 aliphatic heterocycles. The molecule has 0 aliphatic carbocycles. The van der Waals surface area contributed by atoms with Crippen LogP contribution in [-0.4, -0.2) is 20.1 Å². The molecule has 2 N–H and O–H groups in total. The molecular weight excluding hydrogens is 313 g/mol. The molecule has 2 rings (SSSR count). The molecule has 1 atom stereocenters. The number of halogens is 1. The maximum absolute atomic E-state index is 13.2. The fourth-order valence-corrected chi connectivity index (χ4v) is 3.67. The summed E-state index contributed by atoms with van der Waals surface area (Å²) in [6.07, 6.45) is -0.426. The lowest BCUT2D eigenvalue weighted by Gasteiger charge is -2.11. The van der Waals surface area contributed by atoms with E-state index in [1.807, 2.05) is 10.8 Å². The number of benzene rings is 1. The Morgan fingerprint density at radius 2 is 2.14 bits per heavy atom. The summed E-state index contributed by atoms with van der Waals surface area (Å²) in [6, 6.07) is 5.43. The molecule has 114 valence electrons. The summed E-state index contributed by atoms with van der Waals surface area (Å²) in [5.74, 6) is -0.443. The second-order valence-corrected chi connectivity index (χ2v) is 7.22. The van der Waals surface area contributed by atoms with E-state index in [0.717, 1.165) is 11.6 Å². The molecule has 0 bridgehead atoms. The Labute approximate surface area is 127 Å². The topological polar surface area (TPSA) is 66.4 Å². The summed E-state index contributed by atoms with van der Waals surface area (Å²) in [4.78, 5) is 0.0198. The van der Waals surface area contributed by atoms with Gasteiger partial charge in [0.25, 0.3) is 0 Å². The van der Waals surface area contributed by atoms with Crippen molar-refractivity contribution in [1.82, 2.24) is 4.72 Å². The number of nitrogens with one attached hydrogen (secondary N) is 1. The Kier molecular flexibility index (Phi) is 5.10. The Morgan fingerprint density at radius 1 is 1.38 bits per heavy atom. The smallest absolute Gasteiger partial charge is 0.240 e. The van der Waals surface area contributed by atoms with Gasteiger partial charge in [0.2, 0.25) is 10.0 Å². The van der Waals surface area contributed by atoms with Gasteiger partial charge in [-0.25, -0.2) is 17.5 Å². The largest absolute Gasteiger partial charge is 0.388 e. The summed E-state index contributed by atoms with van der Waals surface area (Å²) in [5.41, 5.74) is 1.05. The Morgan fingerprint density at radius 3 is 2.76 bits per heavy atom. The van der Waals surface area contributed by atoms with Crippen molar-refractivity contribution >= 4 is 21.4 Å². The monoisotopic (exact) mass is 329 g/mol. The molecule has 2 aromatic rings. The van der Waals surface area contributed by atoms with E-state index < -0.39 is 21.9 Å². The van der Waals surface area contributed by atoms with Crippen molar-refractivity contribution in [2.75, 3.05) is 6.54 Å². The van der Waals surface area contributed by atoms with Crippen LogP contribution in [0.4, 0.5) is 4.39 Å². The highest BCUT2D eigenvalue weighted by molar-refractivity contribution is 7.89. The van der Waals surface area contributed by atoms with Gasteiger partial charge in [0.15, 0.2) is 0 Å². The van der Waals surface area contributed by atoms with Crippen molar-refractivity contribution < 1.29 is 17.9 Å². The van der Waals surface area contributed by atoms with Gasteiger partial charge in [-0.3, -0.25) is 0 Å². The van der Waals surface area contributed by atoms with Crippen molar-refractivity contribution in [3.8, 4) is 0 Å². The number of aryl methyl sites for hydroxylation is 1. The minimum atomic E-state index is -3.69. The van der Waals surface area contributed by atoms with Crippen LogP contribution in [0.1, 0.15) is 23.7 Å². The third-order valence-corrected chi connectivity index (χ3v) is 5.24. The second-order valence-electron chi connectivity index (χ2n) is 4.67. The summed E-state index contributed by atoms with van der Waals surface area (Å²) < 4.78 is 39.7. The van der Waals surface area contributed by atoms with Crippen LogP contribution in [0.2, 0.25) is 0 Å². The molecule has 0 saturated heterocycles. The van der Waals surface area contributed by atoms with Crippen LogP contribution in [0, 0.1) is 12.7 Å². The Bertz CT molecular complexity index is 699. The van der Waals surface area contributed by atoms with Crippen LogP contribution in [0.15, 0.2) is 39.9 Å². The van der Waals surface area contributed by atoms with Crippen molar-refractivity contribution in [3.63, 3.8) is 0 Å². The zero-order valence-electron chi connectivity index (χ0n) is 11.4. The highest BCUT2D eigenvalue weighted by Gasteiger charge is 2.16. The normalized spacial score (nSPS) is 13.3. The predicted molar refractivity (Wildman–Crippen MR) is 80.2 cm³/mol. The van der Waals surface area contributed by atoms with Crippen LogP contribution in [0.3, 0.4) is 0 Å². The van der Waals surface area contributed by atoms with Gasteiger partial charge >= 0.3 is 0 Å². The zero-order valence-corrected chi connectivity index (χ0v) is 13.0. The van der Waals surface area contributed by atoms with Gasteiger partial charge < -0.3 is 5.11 Å². The van der Waals surface area contributed by atoms with Crippen LogP contribution in [0.5, 0.6) is 0 Å². The molecule has 21 heavy (non-hydrogen) atoms. The van der Waals surface area contributed by atoms with Crippen LogP contribution >= 0.6 is 11.3 Å². The van der Waals surface area contributed by atoms with E-state index in [9.17, 15) is 17.9 Å². The number of aliphatic hydroxyl groups excluding tert-OH is 1. The van der Waals surface area contributed by atoms with Crippen LogP contribution < -0.4 is 4.72 Å².